The Balaban J connectivity index is 1.34. The molecule has 2 aromatic heterocycles. The van der Waals surface area contributed by atoms with E-state index in [-0.39, 0.29) is 23.7 Å². The predicted molar refractivity (Wildman–Crippen MR) is 125 cm³/mol. The normalized spacial score (nSPS) is 11.4. The van der Waals surface area contributed by atoms with Crippen molar-refractivity contribution in [2.45, 2.75) is 32.6 Å². The molecule has 2 heterocycles. The summed E-state index contributed by atoms with van der Waals surface area (Å²) in [4.78, 5) is 12.4. The standard InChI is InChI=1S/C26H27N3O4/c1-26(2,19-7-5-4-6-8-19)20-9-11-22(12-10-20)32-17-23-13-14-24(33-23)25(30)28-21-15-27-29(16-21)18-31-3/h4-16H,17-18H2,1-3H3,(H,28,30). The molecule has 0 aliphatic carbocycles. The molecule has 1 amide bonds. The number of hydrogen-bond acceptors (Lipinski definition) is 5. The highest BCUT2D eigenvalue weighted by Crippen LogP contribution is 2.32. The number of nitrogens with zero attached hydrogens (tertiary/aromatic N) is 2. The molecule has 7 heteroatoms. The highest BCUT2D eigenvalue weighted by atomic mass is 16.5. The minimum Gasteiger partial charge on any atom is -0.486 e. The van der Waals surface area contributed by atoms with E-state index in [4.69, 9.17) is 13.9 Å². The zero-order valence-corrected chi connectivity index (χ0v) is 18.9. The first-order chi connectivity index (χ1) is 16.0. The number of anilines is 1. The van der Waals surface area contributed by atoms with Crippen molar-refractivity contribution in [3.05, 3.63) is 102 Å². The number of amides is 1. The Hall–Kier alpha value is -3.84. The Morgan fingerprint density at radius 3 is 2.48 bits per heavy atom. The summed E-state index contributed by atoms with van der Waals surface area (Å²) in [6, 6.07) is 21.8. The van der Waals surface area contributed by atoms with E-state index < -0.39 is 0 Å². The fraction of sp³-hybridized carbons (Fsp3) is 0.231. The van der Waals surface area contributed by atoms with Gasteiger partial charge in [0.1, 0.15) is 24.8 Å². The van der Waals surface area contributed by atoms with Gasteiger partial charge in [0, 0.05) is 12.5 Å². The van der Waals surface area contributed by atoms with E-state index in [0.717, 1.165) is 5.75 Å². The van der Waals surface area contributed by atoms with Gasteiger partial charge in [-0.15, -0.1) is 0 Å². The Bertz CT molecular complexity index is 1190. The van der Waals surface area contributed by atoms with Gasteiger partial charge in [-0.3, -0.25) is 4.79 Å². The molecule has 0 aliphatic rings. The molecule has 7 nitrogen and oxygen atoms in total. The van der Waals surface area contributed by atoms with Crippen molar-refractivity contribution in [2.75, 3.05) is 12.4 Å². The predicted octanol–water partition coefficient (Wildman–Crippen LogP) is 5.24. The fourth-order valence-electron chi connectivity index (χ4n) is 3.54. The molecule has 0 radical (unpaired) electrons. The molecule has 1 N–H and O–H groups in total. The highest BCUT2D eigenvalue weighted by molar-refractivity contribution is 6.02. The van der Waals surface area contributed by atoms with Gasteiger partial charge in [-0.25, -0.2) is 4.68 Å². The first-order valence-electron chi connectivity index (χ1n) is 10.7. The largest absolute Gasteiger partial charge is 0.486 e. The van der Waals surface area contributed by atoms with Crippen LogP contribution in [-0.2, 0) is 23.5 Å². The number of carbonyl (C=O) groups excluding carboxylic acids is 1. The van der Waals surface area contributed by atoms with Crippen molar-refractivity contribution < 1.29 is 18.7 Å². The summed E-state index contributed by atoms with van der Waals surface area (Å²) in [6.45, 7) is 4.94. The van der Waals surface area contributed by atoms with E-state index in [1.54, 1.807) is 36.3 Å². The summed E-state index contributed by atoms with van der Waals surface area (Å²) in [6.07, 6.45) is 3.23. The molecule has 0 bridgehead atoms. The number of aromatic nitrogens is 2. The second kappa shape index (κ2) is 9.75. The number of ether oxygens (including phenoxy) is 2. The minimum atomic E-state index is -0.356. The average Bonchev–Trinajstić information content (AvgIpc) is 3.48. The monoisotopic (exact) mass is 445 g/mol. The quantitative estimate of drug-likeness (QED) is 0.381. The number of methoxy groups -OCH3 is 1. The molecule has 0 saturated carbocycles. The smallest absolute Gasteiger partial charge is 0.291 e. The van der Waals surface area contributed by atoms with Crippen molar-refractivity contribution in [1.29, 1.82) is 0 Å². The molecule has 4 aromatic rings. The van der Waals surface area contributed by atoms with Gasteiger partial charge >= 0.3 is 0 Å². The summed E-state index contributed by atoms with van der Waals surface area (Å²) in [7, 11) is 1.58. The molecule has 0 saturated heterocycles. The molecule has 4 rings (SSSR count). The van der Waals surface area contributed by atoms with E-state index in [9.17, 15) is 4.79 Å². The van der Waals surface area contributed by atoms with Crippen LogP contribution in [0.3, 0.4) is 0 Å². The van der Waals surface area contributed by atoms with Gasteiger partial charge < -0.3 is 19.2 Å². The molecule has 0 atom stereocenters. The van der Waals surface area contributed by atoms with Crippen LogP contribution in [-0.4, -0.2) is 22.8 Å². The van der Waals surface area contributed by atoms with Gasteiger partial charge in [-0.1, -0.05) is 56.3 Å². The van der Waals surface area contributed by atoms with Crippen molar-refractivity contribution in [1.82, 2.24) is 9.78 Å². The highest BCUT2D eigenvalue weighted by Gasteiger charge is 2.22. The molecule has 33 heavy (non-hydrogen) atoms. The SMILES string of the molecule is COCn1cc(NC(=O)c2ccc(COc3ccc(C(C)(C)c4ccccc4)cc3)o2)cn1. The maximum absolute atomic E-state index is 12.4. The lowest BCUT2D eigenvalue weighted by molar-refractivity contribution is 0.0992. The van der Waals surface area contributed by atoms with Crippen molar-refractivity contribution >= 4 is 11.6 Å². The molecule has 170 valence electrons. The first kappa shape index (κ1) is 22.4. The van der Waals surface area contributed by atoms with Gasteiger partial charge in [-0.2, -0.15) is 5.10 Å². The summed E-state index contributed by atoms with van der Waals surface area (Å²) < 4.78 is 18.1. The Labute approximate surface area is 192 Å². The Morgan fingerprint density at radius 2 is 1.76 bits per heavy atom. The van der Waals surface area contributed by atoms with Crippen LogP contribution in [0.5, 0.6) is 5.75 Å². The minimum absolute atomic E-state index is 0.108. The van der Waals surface area contributed by atoms with Crippen LogP contribution < -0.4 is 10.1 Å². The number of rotatable bonds is 9. The zero-order chi connectivity index (χ0) is 23.3. The van der Waals surface area contributed by atoms with Gasteiger partial charge in [0.05, 0.1) is 18.1 Å². The van der Waals surface area contributed by atoms with Crippen molar-refractivity contribution in [2.24, 2.45) is 0 Å². The van der Waals surface area contributed by atoms with Crippen LogP contribution in [0.4, 0.5) is 5.69 Å². The van der Waals surface area contributed by atoms with Crippen LogP contribution in [0.15, 0.2) is 83.5 Å². The third-order valence-electron chi connectivity index (χ3n) is 5.49. The number of nitrogens with one attached hydrogen (secondary N) is 1. The summed E-state index contributed by atoms with van der Waals surface area (Å²) >= 11 is 0. The second-order valence-electron chi connectivity index (χ2n) is 8.21. The summed E-state index contributed by atoms with van der Waals surface area (Å²) in [5, 5.41) is 6.83. The number of benzene rings is 2. The molecule has 0 aliphatic heterocycles. The van der Waals surface area contributed by atoms with Crippen LogP contribution in [0.2, 0.25) is 0 Å². The van der Waals surface area contributed by atoms with E-state index in [0.29, 0.717) is 18.2 Å². The van der Waals surface area contributed by atoms with E-state index in [1.807, 2.05) is 18.2 Å². The topological polar surface area (TPSA) is 78.5 Å². The molecular formula is C26H27N3O4. The molecule has 0 unspecified atom stereocenters. The molecule has 0 fully saturated rings. The van der Waals surface area contributed by atoms with Crippen LogP contribution >= 0.6 is 0 Å². The van der Waals surface area contributed by atoms with Gasteiger partial charge in [-0.05, 0) is 35.4 Å². The lowest BCUT2D eigenvalue weighted by Gasteiger charge is -2.26. The van der Waals surface area contributed by atoms with Crippen LogP contribution in [0.1, 0.15) is 41.3 Å². The Kier molecular flexibility index (Phi) is 6.60. The van der Waals surface area contributed by atoms with Crippen LogP contribution in [0.25, 0.3) is 0 Å². The summed E-state index contributed by atoms with van der Waals surface area (Å²) in [5.74, 6) is 1.14. The van der Waals surface area contributed by atoms with E-state index in [2.05, 4.69) is 60.7 Å². The number of carbonyl (C=O) groups is 1. The second-order valence-corrected chi connectivity index (χ2v) is 8.21. The zero-order valence-electron chi connectivity index (χ0n) is 18.9. The first-order valence-corrected chi connectivity index (χ1v) is 10.7. The van der Waals surface area contributed by atoms with Gasteiger partial charge in [0.25, 0.3) is 5.91 Å². The van der Waals surface area contributed by atoms with Crippen LogP contribution in [0, 0.1) is 0 Å². The third kappa shape index (κ3) is 5.32. The van der Waals surface area contributed by atoms with Crippen molar-refractivity contribution in [3.8, 4) is 5.75 Å². The molecular weight excluding hydrogens is 418 g/mol. The third-order valence-corrected chi connectivity index (χ3v) is 5.49. The Morgan fingerprint density at radius 1 is 1.03 bits per heavy atom. The fourth-order valence-corrected chi connectivity index (χ4v) is 3.54. The lowest BCUT2D eigenvalue weighted by atomic mass is 9.78. The molecule has 2 aromatic carbocycles. The number of hydrogen-bond donors (Lipinski definition) is 1. The van der Waals surface area contributed by atoms with E-state index >= 15 is 0 Å². The maximum Gasteiger partial charge on any atom is 0.291 e. The van der Waals surface area contributed by atoms with Gasteiger partial charge in [0.15, 0.2) is 5.76 Å². The summed E-state index contributed by atoms with van der Waals surface area (Å²) in [5.41, 5.74) is 2.91. The van der Waals surface area contributed by atoms with Gasteiger partial charge in [0.2, 0.25) is 0 Å². The van der Waals surface area contributed by atoms with Crippen molar-refractivity contribution in [3.63, 3.8) is 0 Å². The maximum atomic E-state index is 12.4. The van der Waals surface area contributed by atoms with E-state index in [1.165, 1.54) is 11.1 Å². The lowest BCUT2D eigenvalue weighted by Crippen LogP contribution is -2.18. The molecule has 0 spiro atoms. The average molecular weight is 446 g/mol. The number of furan rings is 1.